The fourth-order valence-electron chi connectivity index (χ4n) is 6.69. The molecule has 0 bridgehead atoms. The highest BCUT2D eigenvalue weighted by Gasteiger charge is 2.30. The number of ether oxygens (including phenoxy) is 1. The first-order chi connectivity index (χ1) is 20.1. The van der Waals surface area contributed by atoms with Gasteiger partial charge in [-0.2, -0.15) is 0 Å². The van der Waals surface area contributed by atoms with E-state index in [1.807, 2.05) is 24.3 Å². The van der Waals surface area contributed by atoms with E-state index in [2.05, 4.69) is 45.9 Å². The zero-order valence-corrected chi connectivity index (χ0v) is 22.7. The Hall–Kier alpha value is -4.59. The van der Waals surface area contributed by atoms with E-state index >= 15 is 0 Å². The van der Waals surface area contributed by atoms with Gasteiger partial charge in [-0.3, -0.25) is 4.79 Å². The Bertz CT molecular complexity index is 1700. The summed E-state index contributed by atoms with van der Waals surface area (Å²) in [4.78, 5) is 40.5. The highest BCUT2D eigenvalue weighted by molar-refractivity contribution is 5.98. The second-order valence-corrected chi connectivity index (χ2v) is 10.9. The summed E-state index contributed by atoms with van der Waals surface area (Å²) in [6.07, 6.45) is 3.41. The number of aryl methyl sites for hydroxylation is 2. The Morgan fingerprint density at radius 1 is 0.902 bits per heavy atom. The molecule has 1 aromatic heterocycles. The van der Waals surface area contributed by atoms with Crippen molar-refractivity contribution < 1.29 is 18.7 Å². The van der Waals surface area contributed by atoms with Crippen LogP contribution in [0.25, 0.3) is 22.1 Å². The molecule has 0 saturated carbocycles. The molecule has 3 aromatic carbocycles. The lowest BCUT2D eigenvalue weighted by Gasteiger charge is -2.37. The fraction of sp³-hybridized carbons (Fsp3) is 0.303. The molecule has 0 spiro atoms. The largest absolute Gasteiger partial charge is 0.449 e. The number of nitrogens with zero attached hydrogens (tertiary/aromatic N) is 1. The van der Waals surface area contributed by atoms with Crippen LogP contribution in [0.3, 0.4) is 0 Å². The topological polar surface area (TPSA) is 101 Å². The molecule has 2 N–H and O–H groups in total. The van der Waals surface area contributed by atoms with Crippen LogP contribution in [0, 0.1) is 0 Å². The molecule has 208 valence electrons. The molecule has 0 atom stereocenters. The standard InChI is InChI=1S/C33H31N3O5/c37-31(27-18-21-17-20-7-5-15-36-16-6-12-26(29(20)36)30(21)41-32(27)38)34-13-14-35-33(39)40-19-28-24-10-3-1-8-22(24)23-9-2-4-11-25(23)28/h1-4,8-11,17-18,28H,5-7,12-16,19H2,(H,34,37)(H,35,39). The molecule has 7 rings (SSSR count). The summed E-state index contributed by atoms with van der Waals surface area (Å²) in [7, 11) is 0. The number of hydrogen-bond acceptors (Lipinski definition) is 6. The van der Waals surface area contributed by atoms with Gasteiger partial charge in [-0.1, -0.05) is 48.5 Å². The van der Waals surface area contributed by atoms with Crippen LogP contribution in [0.4, 0.5) is 10.5 Å². The fourth-order valence-corrected chi connectivity index (χ4v) is 6.69. The van der Waals surface area contributed by atoms with Crippen LogP contribution in [0.15, 0.2) is 69.9 Å². The molecule has 3 heterocycles. The first-order valence-corrected chi connectivity index (χ1v) is 14.3. The van der Waals surface area contributed by atoms with Gasteiger partial charge in [0.1, 0.15) is 17.8 Å². The summed E-state index contributed by atoms with van der Waals surface area (Å²) >= 11 is 0. The van der Waals surface area contributed by atoms with Crippen molar-refractivity contribution in [1.82, 2.24) is 10.6 Å². The van der Waals surface area contributed by atoms with Crippen molar-refractivity contribution >= 4 is 28.7 Å². The maximum Gasteiger partial charge on any atom is 0.407 e. The van der Waals surface area contributed by atoms with Gasteiger partial charge in [0, 0.05) is 48.7 Å². The predicted molar refractivity (Wildman–Crippen MR) is 157 cm³/mol. The highest BCUT2D eigenvalue weighted by atomic mass is 16.5. The number of carbonyl (C=O) groups excluding carboxylic acids is 2. The molecule has 2 aliphatic heterocycles. The van der Waals surface area contributed by atoms with Gasteiger partial charge in [0.25, 0.3) is 5.91 Å². The lowest BCUT2D eigenvalue weighted by molar-refractivity contribution is 0.0948. The van der Waals surface area contributed by atoms with Crippen molar-refractivity contribution in [2.75, 3.05) is 37.7 Å². The summed E-state index contributed by atoms with van der Waals surface area (Å²) in [5.41, 5.74) is 8.08. The van der Waals surface area contributed by atoms with E-state index in [1.165, 1.54) is 22.4 Å². The molecular formula is C33H31N3O5. The Labute approximate surface area is 237 Å². The first-order valence-electron chi connectivity index (χ1n) is 14.3. The van der Waals surface area contributed by atoms with E-state index in [4.69, 9.17) is 9.15 Å². The van der Waals surface area contributed by atoms with E-state index in [9.17, 15) is 14.4 Å². The van der Waals surface area contributed by atoms with E-state index in [-0.39, 0.29) is 31.2 Å². The maximum absolute atomic E-state index is 12.9. The number of fused-ring (bicyclic) bond motifs is 5. The van der Waals surface area contributed by atoms with Crippen molar-refractivity contribution in [3.8, 4) is 11.1 Å². The van der Waals surface area contributed by atoms with E-state index < -0.39 is 17.6 Å². The second kappa shape index (κ2) is 10.4. The van der Waals surface area contributed by atoms with Gasteiger partial charge in [-0.25, -0.2) is 9.59 Å². The van der Waals surface area contributed by atoms with Gasteiger partial charge in [0.2, 0.25) is 0 Å². The molecule has 0 saturated heterocycles. The molecular weight excluding hydrogens is 518 g/mol. The van der Waals surface area contributed by atoms with Crippen molar-refractivity contribution in [2.45, 2.75) is 31.6 Å². The van der Waals surface area contributed by atoms with Gasteiger partial charge < -0.3 is 24.7 Å². The summed E-state index contributed by atoms with van der Waals surface area (Å²) in [5, 5.41) is 6.18. The van der Waals surface area contributed by atoms with Gasteiger partial charge in [0.15, 0.2) is 0 Å². The number of anilines is 1. The molecule has 0 unspecified atom stereocenters. The van der Waals surface area contributed by atoms with Crippen molar-refractivity contribution in [3.05, 3.63) is 98.9 Å². The molecule has 8 nitrogen and oxygen atoms in total. The average Bonchev–Trinajstić information content (AvgIpc) is 3.32. The summed E-state index contributed by atoms with van der Waals surface area (Å²) in [5.74, 6) is -0.550. The molecule has 3 aliphatic rings. The normalized spacial score (nSPS) is 15.2. The van der Waals surface area contributed by atoms with Crippen LogP contribution >= 0.6 is 0 Å². The Kier molecular flexibility index (Phi) is 6.46. The molecule has 4 aromatic rings. The highest BCUT2D eigenvalue weighted by Crippen LogP contribution is 2.44. The van der Waals surface area contributed by atoms with Crippen molar-refractivity contribution in [1.29, 1.82) is 0 Å². The molecule has 41 heavy (non-hydrogen) atoms. The number of rotatable bonds is 6. The monoisotopic (exact) mass is 549 g/mol. The summed E-state index contributed by atoms with van der Waals surface area (Å²) in [6, 6.07) is 20.0. The van der Waals surface area contributed by atoms with Gasteiger partial charge in [0.05, 0.1) is 0 Å². The van der Waals surface area contributed by atoms with Gasteiger partial charge in [-0.05, 0) is 65.6 Å². The third kappa shape index (κ3) is 4.53. The van der Waals surface area contributed by atoms with Crippen LogP contribution in [-0.2, 0) is 17.6 Å². The minimum absolute atomic E-state index is 0.0248. The van der Waals surface area contributed by atoms with E-state index in [1.54, 1.807) is 6.07 Å². The second-order valence-electron chi connectivity index (χ2n) is 10.9. The number of benzene rings is 3. The van der Waals surface area contributed by atoms with E-state index in [0.717, 1.165) is 60.8 Å². The minimum atomic E-state index is -0.649. The lowest BCUT2D eigenvalue weighted by atomic mass is 9.90. The maximum atomic E-state index is 12.9. The molecule has 2 amide bonds. The molecule has 0 fully saturated rings. The zero-order chi connectivity index (χ0) is 27.9. The van der Waals surface area contributed by atoms with Gasteiger partial charge >= 0.3 is 11.7 Å². The minimum Gasteiger partial charge on any atom is -0.449 e. The van der Waals surface area contributed by atoms with E-state index in [0.29, 0.717) is 5.58 Å². The number of carbonyl (C=O) groups is 2. The zero-order valence-electron chi connectivity index (χ0n) is 22.7. The van der Waals surface area contributed by atoms with Crippen LogP contribution < -0.4 is 21.2 Å². The number of amides is 2. The lowest BCUT2D eigenvalue weighted by Crippen LogP contribution is -2.37. The van der Waals surface area contributed by atoms with Crippen LogP contribution in [0.1, 0.15) is 51.4 Å². The first kappa shape index (κ1) is 25.4. The van der Waals surface area contributed by atoms with Crippen LogP contribution in [-0.4, -0.2) is 44.8 Å². The number of alkyl carbamates (subject to hydrolysis) is 1. The van der Waals surface area contributed by atoms with Crippen LogP contribution in [0.2, 0.25) is 0 Å². The van der Waals surface area contributed by atoms with Crippen molar-refractivity contribution in [3.63, 3.8) is 0 Å². The molecule has 8 heteroatoms. The Morgan fingerprint density at radius 3 is 2.34 bits per heavy atom. The Balaban J connectivity index is 0.963. The predicted octanol–water partition coefficient (Wildman–Crippen LogP) is 4.76. The van der Waals surface area contributed by atoms with Gasteiger partial charge in [-0.15, -0.1) is 0 Å². The van der Waals surface area contributed by atoms with Crippen molar-refractivity contribution in [2.24, 2.45) is 0 Å². The number of hydrogen-bond donors (Lipinski definition) is 2. The van der Waals surface area contributed by atoms with Crippen LogP contribution in [0.5, 0.6) is 0 Å². The third-order valence-corrected chi connectivity index (χ3v) is 8.48. The summed E-state index contributed by atoms with van der Waals surface area (Å²) < 4.78 is 11.3. The smallest absolute Gasteiger partial charge is 0.407 e. The average molecular weight is 550 g/mol. The summed E-state index contributed by atoms with van der Waals surface area (Å²) in [6.45, 7) is 2.58. The number of nitrogens with one attached hydrogen (secondary N) is 2. The third-order valence-electron chi connectivity index (χ3n) is 8.48. The SMILES string of the molecule is O=C(NCCNC(=O)c1cc2cc3c4c(c2oc1=O)CCCN4CCC3)OCC1c2ccccc2-c2ccccc21. The quantitative estimate of drug-likeness (QED) is 0.266. The Morgan fingerprint density at radius 2 is 1.59 bits per heavy atom. The molecule has 1 aliphatic carbocycles. The molecule has 0 radical (unpaired) electrons.